The van der Waals surface area contributed by atoms with Gasteiger partial charge in [-0.2, -0.15) is 0 Å². The van der Waals surface area contributed by atoms with E-state index in [0.717, 1.165) is 49.5 Å². The molecular weight excluding hydrogens is 372 g/mol. The van der Waals surface area contributed by atoms with Crippen LogP contribution in [0, 0.1) is 5.92 Å². The first kappa shape index (κ1) is 20.2. The molecule has 5 heteroatoms. The summed E-state index contributed by atoms with van der Waals surface area (Å²) in [6.07, 6.45) is 3.61. The van der Waals surface area contributed by atoms with Crippen LogP contribution in [0.2, 0.25) is 0 Å². The van der Waals surface area contributed by atoms with Crippen molar-refractivity contribution in [2.24, 2.45) is 5.92 Å². The fraction of sp³-hybridized carbons (Fsp3) is 0.360. The highest BCUT2D eigenvalue weighted by Gasteiger charge is 2.27. The van der Waals surface area contributed by atoms with Crippen molar-refractivity contribution >= 4 is 22.9 Å². The maximum Gasteiger partial charge on any atom is 0.223 e. The summed E-state index contributed by atoms with van der Waals surface area (Å²) in [5.41, 5.74) is 3.39. The Hall–Kier alpha value is -3.08. The fourth-order valence-corrected chi connectivity index (χ4v) is 4.25. The van der Waals surface area contributed by atoms with E-state index in [0.29, 0.717) is 12.5 Å². The molecule has 0 spiro atoms. The fourth-order valence-electron chi connectivity index (χ4n) is 4.25. The summed E-state index contributed by atoms with van der Waals surface area (Å²) in [4.78, 5) is 19.9. The summed E-state index contributed by atoms with van der Waals surface area (Å²) in [5, 5.41) is 3.17. The van der Waals surface area contributed by atoms with Gasteiger partial charge < -0.3 is 14.8 Å². The number of benzene rings is 2. The molecule has 1 amide bonds. The lowest BCUT2D eigenvalue weighted by Crippen LogP contribution is -2.42. The number of hydrogen-bond donors (Lipinski definition) is 1. The van der Waals surface area contributed by atoms with Crippen molar-refractivity contribution in [1.82, 2.24) is 14.9 Å². The van der Waals surface area contributed by atoms with E-state index in [4.69, 9.17) is 4.98 Å². The van der Waals surface area contributed by atoms with Crippen LogP contribution in [0.1, 0.15) is 31.2 Å². The molecule has 1 atom stereocenters. The summed E-state index contributed by atoms with van der Waals surface area (Å²) in [5.74, 6) is 1.54. The molecule has 0 saturated carbocycles. The van der Waals surface area contributed by atoms with Crippen LogP contribution < -0.4 is 10.2 Å². The van der Waals surface area contributed by atoms with Crippen molar-refractivity contribution in [3.63, 3.8) is 0 Å². The molecule has 0 bridgehead atoms. The van der Waals surface area contributed by atoms with Crippen molar-refractivity contribution in [3.8, 4) is 0 Å². The Balaban J connectivity index is 1.36. The van der Waals surface area contributed by atoms with Crippen molar-refractivity contribution in [1.29, 1.82) is 0 Å². The first-order valence-corrected chi connectivity index (χ1v) is 10.8. The second kappa shape index (κ2) is 9.16. The standard InChI is InChI=1S/C25H30N4O/c1-3-15-29-23-12-8-7-11-22(23)27-25(29)28-16-13-21(14-17-28)24(30)26-18-19(2)20-9-5-4-6-10-20/h3-12,19,21H,1,13-18H2,2H3,(H,26,30)/t19-/m1/s1. The van der Waals surface area contributed by atoms with Gasteiger partial charge >= 0.3 is 0 Å². The molecule has 2 heterocycles. The smallest absolute Gasteiger partial charge is 0.223 e. The van der Waals surface area contributed by atoms with Gasteiger partial charge in [-0.25, -0.2) is 4.98 Å². The largest absolute Gasteiger partial charge is 0.355 e. The number of nitrogens with zero attached hydrogens (tertiary/aromatic N) is 3. The van der Waals surface area contributed by atoms with Gasteiger partial charge in [0.25, 0.3) is 0 Å². The number of anilines is 1. The van der Waals surface area contributed by atoms with Gasteiger partial charge in [0.2, 0.25) is 11.9 Å². The maximum absolute atomic E-state index is 12.7. The van der Waals surface area contributed by atoms with E-state index in [1.165, 1.54) is 5.56 Å². The lowest BCUT2D eigenvalue weighted by Gasteiger charge is -2.32. The topological polar surface area (TPSA) is 50.2 Å². The minimum atomic E-state index is 0.0708. The lowest BCUT2D eigenvalue weighted by molar-refractivity contribution is -0.125. The molecule has 0 radical (unpaired) electrons. The summed E-state index contributed by atoms with van der Waals surface area (Å²) in [6, 6.07) is 18.5. The monoisotopic (exact) mass is 402 g/mol. The number of piperidine rings is 1. The van der Waals surface area contributed by atoms with Crippen LogP contribution in [0.4, 0.5) is 5.95 Å². The number of para-hydroxylation sites is 2. The predicted octanol–water partition coefficient (Wildman–Crippen LogP) is 4.36. The molecule has 1 fully saturated rings. The third kappa shape index (κ3) is 4.25. The number of amides is 1. The van der Waals surface area contributed by atoms with Crippen molar-refractivity contribution < 1.29 is 4.79 Å². The number of fused-ring (bicyclic) bond motifs is 1. The Bertz CT molecular complexity index is 1000. The molecule has 1 N–H and O–H groups in total. The summed E-state index contributed by atoms with van der Waals surface area (Å²) < 4.78 is 2.21. The van der Waals surface area contributed by atoms with E-state index >= 15 is 0 Å². The molecule has 1 aromatic heterocycles. The molecule has 1 aliphatic rings. The SMILES string of the molecule is C=CCn1c(N2CCC(C(=O)NC[C@@H](C)c3ccccc3)CC2)nc2ccccc21. The number of hydrogen-bond acceptors (Lipinski definition) is 3. The van der Waals surface area contributed by atoms with Gasteiger partial charge in [0.15, 0.2) is 0 Å². The van der Waals surface area contributed by atoms with E-state index in [1.54, 1.807) is 0 Å². The van der Waals surface area contributed by atoms with Crippen LogP contribution in [0.25, 0.3) is 11.0 Å². The number of carbonyl (C=O) groups excluding carboxylic acids is 1. The van der Waals surface area contributed by atoms with E-state index in [9.17, 15) is 4.79 Å². The minimum Gasteiger partial charge on any atom is -0.355 e. The Morgan fingerprint density at radius 2 is 1.87 bits per heavy atom. The van der Waals surface area contributed by atoms with Crippen LogP contribution in [0.15, 0.2) is 67.3 Å². The number of rotatable bonds is 7. The second-order valence-corrected chi connectivity index (χ2v) is 8.12. The minimum absolute atomic E-state index is 0.0708. The zero-order valence-corrected chi connectivity index (χ0v) is 17.6. The molecule has 156 valence electrons. The normalized spacial score (nSPS) is 15.8. The Labute approximate surface area is 178 Å². The summed E-state index contributed by atoms with van der Waals surface area (Å²) >= 11 is 0. The van der Waals surface area contributed by atoms with Crippen LogP contribution in [-0.4, -0.2) is 35.1 Å². The molecule has 30 heavy (non-hydrogen) atoms. The Kier molecular flexibility index (Phi) is 6.17. The van der Waals surface area contributed by atoms with Gasteiger partial charge in [-0.15, -0.1) is 6.58 Å². The zero-order chi connectivity index (χ0) is 20.9. The van der Waals surface area contributed by atoms with Gasteiger partial charge in [-0.1, -0.05) is 55.5 Å². The maximum atomic E-state index is 12.7. The first-order chi connectivity index (χ1) is 14.7. The van der Waals surface area contributed by atoms with Crippen molar-refractivity contribution in [3.05, 3.63) is 72.8 Å². The molecule has 0 aliphatic carbocycles. The first-order valence-electron chi connectivity index (χ1n) is 10.8. The number of nitrogens with one attached hydrogen (secondary N) is 1. The van der Waals surface area contributed by atoms with E-state index in [2.05, 4.69) is 46.5 Å². The number of imidazole rings is 1. The average molecular weight is 403 g/mol. The molecule has 4 rings (SSSR count). The summed E-state index contributed by atoms with van der Waals surface area (Å²) in [7, 11) is 0. The van der Waals surface area contributed by atoms with Crippen LogP contribution in [0.5, 0.6) is 0 Å². The Morgan fingerprint density at radius 1 is 1.17 bits per heavy atom. The molecule has 1 saturated heterocycles. The molecule has 5 nitrogen and oxygen atoms in total. The Morgan fingerprint density at radius 3 is 2.60 bits per heavy atom. The van der Waals surface area contributed by atoms with E-state index in [1.807, 2.05) is 42.5 Å². The molecular formula is C25H30N4O. The number of aromatic nitrogens is 2. The van der Waals surface area contributed by atoms with E-state index in [-0.39, 0.29) is 11.8 Å². The van der Waals surface area contributed by atoms with Gasteiger partial charge in [-0.05, 0) is 36.5 Å². The molecule has 2 aromatic carbocycles. The van der Waals surface area contributed by atoms with Crippen molar-refractivity contribution in [2.75, 3.05) is 24.5 Å². The van der Waals surface area contributed by atoms with Crippen LogP contribution >= 0.6 is 0 Å². The predicted molar refractivity (Wildman–Crippen MR) is 123 cm³/mol. The molecule has 1 aliphatic heterocycles. The van der Waals surface area contributed by atoms with Crippen LogP contribution in [0.3, 0.4) is 0 Å². The van der Waals surface area contributed by atoms with E-state index < -0.39 is 0 Å². The highest BCUT2D eigenvalue weighted by Crippen LogP contribution is 2.27. The average Bonchev–Trinajstić information content (AvgIpc) is 3.17. The van der Waals surface area contributed by atoms with Gasteiger partial charge in [-0.3, -0.25) is 4.79 Å². The highest BCUT2D eigenvalue weighted by molar-refractivity contribution is 5.80. The lowest BCUT2D eigenvalue weighted by atomic mass is 9.95. The van der Waals surface area contributed by atoms with Gasteiger partial charge in [0.1, 0.15) is 0 Å². The third-order valence-corrected chi connectivity index (χ3v) is 6.05. The zero-order valence-electron chi connectivity index (χ0n) is 17.6. The summed E-state index contributed by atoms with van der Waals surface area (Å²) in [6.45, 7) is 9.14. The molecule has 0 unspecified atom stereocenters. The highest BCUT2D eigenvalue weighted by atomic mass is 16.1. The quantitative estimate of drug-likeness (QED) is 0.598. The number of allylic oxidation sites excluding steroid dienone is 1. The van der Waals surface area contributed by atoms with Gasteiger partial charge in [0, 0.05) is 32.1 Å². The van der Waals surface area contributed by atoms with Crippen LogP contribution in [-0.2, 0) is 11.3 Å². The van der Waals surface area contributed by atoms with Gasteiger partial charge in [0.05, 0.1) is 11.0 Å². The number of carbonyl (C=O) groups is 1. The molecule has 3 aromatic rings. The second-order valence-electron chi connectivity index (χ2n) is 8.12. The third-order valence-electron chi connectivity index (χ3n) is 6.05. The van der Waals surface area contributed by atoms with Crippen molar-refractivity contribution in [2.45, 2.75) is 32.2 Å².